The molecule has 3 amide bonds. The Labute approximate surface area is 187 Å². The van der Waals surface area contributed by atoms with Crippen molar-refractivity contribution in [2.45, 2.75) is 66.0 Å². The molecule has 0 saturated carbocycles. The molecule has 32 heavy (non-hydrogen) atoms. The van der Waals surface area contributed by atoms with E-state index in [2.05, 4.69) is 20.7 Å². The zero-order chi connectivity index (χ0) is 22.9. The second kappa shape index (κ2) is 8.89. The van der Waals surface area contributed by atoms with Crippen LogP contribution in [0.3, 0.4) is 0 Å². The first-order chi connectivity index (χ1) is 15.3. The number of nitrogens with zero attached hydrogens (tertiary/aromatic N) is 7. The molecule has 0 aromatic carbocycles. The van der Waals surface area contributed by atoms with Gasteiger partial charge in [-0.3, -0.25) is 9.48 Å². The molecule has 0 bridgehead atoms. The Bertz CT molecular complexity index is 995. The van der Waals surface area contributed by atoms with E-state index in [1.54, 1.807) is 9.58 Å². The summed E-state index contributed by atoms with van der Waals surface area (Å²) in [6, 6.07) is 1.86. The van der Waals surface area contributed by atoms with E-state index in [1.165, 1.54) is 0 Å². The molecule has 2 aromatic heterocycles. The molecule has 4 rings (SSSR count). The summed E-state index contributed by atoms with van der Waals surface area (Å²) < 4.78 is 9.87. The summed E-state index contributed by atoms with van der Waals surface area (Å²) in [5, 5.41) is 15.9. The zero-order valence-electron chi connectivity index (χ0n) is 19.3. The number of ether oxygens (including phenoxy) is 1. The van der Waals surface area contributed by atoms with E-state index in [4.69, 9.17) is 4.74 Å². The number of amides is 3. The van der Waals surface area contributed by atoms with Crippen molar-refractivity contribution in [1.82, 2.24) is 39.9 Å². The van der Waals surface area contributed by atoms with Crippen LogP contribution < -0.4 is 5.32 Å². The highest BCUT2D eigenvalue weighted by molar-refractivity contribution is 5.76. The van der Waals surface area contributed by atoms with Gasteiger partial charge < -0.3 is 19.9 Å². The zero-order valence-corrected chi connectivity index (χ0v) is 19.3. The third kappa shape index (κ3) is 4.34. The molecule has 11 heteroatoms. The lowest BCUT2D eigenvalue weighted by atomic mass is 10.0. The maximum atomic E-state index is 12.8. The molecule has 1 saturated heterocycles. The smallest absolute Gasteiger partial charge is 0.317 e. The lowest BCUT2D eigenvalue weighted by Crippen LogP contribution is -2.45. The molecule has 4 heterocycles. The van der Waals surface area contributed by atoms with Crippen molar-refractivity contribution in [3.05, 3.63) is 28.8 Å². The van der Waals surface area contributed by atoms with Crippen molar-refractivity contribution in [2.75, 3.05) is 26.2 Å². The summed E-state index contributed by atoms with van der Waals surface area (Å²) in [6.45, 7) is 11.7. The topological polar surface area (TPSA) is 110 Å². The van der Waals surface area contributed by atoms with Crippen LogP contribution in [-0.4, -0.2) is 78.3 Å². The predicted molar refractivity (Wildman–Crippen MR) is 116 cm³/mol. The van der Waals surface area contributed by atoms with Crippen LogP contribution in [0.1, 0.15) is 43.0 Å². The van der Waals surface area contributed by atoms with Crippen molar-refractivity contribution in [3.8, 4) is 0 Å². The predicted octanol–water partition coefficient (Wildman–Crippen LogP) is 0.844. The Morgan fingerprint density at radius 2 is 2.03 bits per heavy atom. The van der Waals surface area contributed by atoms with E-state index < -0.39 is 5.60 Å². The Balaban J connectivity index is 1.36. The van der Waals surface area contributed by atoms with E-state index >= 15 is 0 Å². The number of carbonyl (C=O) groups excluding carboxylic acids is 2. The van der Waals surface area contributed by atoms with Crippen LogP contribution in [0.25, 0.3) is 0 Å². The summed E-state index contributed by atoms with van der Waals surface area (Å²) in [5.41, 5.74) is 3.03. The molecule has 0 aliphatic carbocycles. The van der Waals surface area contributed by atoms with Gasteiger partial charge in [-0.15, -0.1) is 5.10 Å². The van der Waals surface area contributed by atoms with Crippen molar-refractivity contribution in [1.29, 1.82) is 0 Å². The standard InChI is InChI=1S/C21H32N8O3/c1-5-26(6-2)20(31)22-10-17-18-12-32-21(14-29(18)25-23-17)7-8-27(13-21)19(30)11-28-16(4)9-15(3)24-28/h9H,5-8,10-14H2,1-4H3,(H,22,31). The number of aromatic nitrogens is 5. The van der Waals surface area contributed by atoms with Gasteiger partial charge in [0.15, 0.2) is 0 Å². The molecule has 1 spiro atoms. The SMILES string of the molecule is CCN(CC)C(=O)NCc1nnn2c1COC1(CCN(C(=O)Cn3nc(C)cc3C)C1)C2. The highest BCUT2D eigenvalue weighted by atomic mass is 16.5. The van der Waals surface area contributed by atoms with Crippen LogP contribution >= 0.6 is 0 Å². The summed E-state index contributed by atoms with van der Waals surface area (Å²) >= 11 is 0. The lowest BCUT2D eigenvalue weighted by molar-refractivity contribution is -0.134. The third-order valence-electron chi connectivity index (χ3n) is 6.39. The number of nitrogens with one attached hydrogen (secondary N) is 1. The van der Waals surface area contributed by atoms with E-state index in [0.717, 1.165) is 29.2 Å². The van der Waals surface area contributed by atoms with E-state index in [9.17, 15) is 9.59 Å². The first-order valence-corrected chi connectivity index (χ1v) is 11.2. The van der Waals surface area contributed by atoms with Gasteiger partial charge in [0.25, 0.3) is 0 Å². The number of rotatable bonds is 6. The fraction of sp³-hybridized carbons (Fsp3) is 0.667. The van der Waals surface area contributed by atoms with Crippen molar-refractivity contribution in [3.63, 3.8) is 0 Å². The van der Waals surface area contributed by atoms with Crippen molar-refractivity contribution in [2.24, 2.45) is 0 Å². The number of aryl methyl sites for hydroxylation is 2. The van der Waals surface area contributed by atoms with Crippen LogP contribution in [0.4, 0.5) is 4.79 Å². The molecule has 2 aromatic rings. The second-order valence-corrected chi connectivity index (χ2v) is 8.59. The van der Waals surface area contributed by atoms with Gasteiger partial charge in [0.1, 0.15) is 17.8 Å². The molecular formula is C21H32N8O3. The summed E-state index contributed by atoms with van der Waals surface area (Å²) in [5.74, 6) is 0.0425. The van der Waals surface area contributed by atoms with E-state index in [1.807, 2.05) is 43.3 Å². The van der Waals surface area contributed by atoms with Gasteiger partial charge in [0.2, 0.25) is 5.91 Å². The minimum atomic E-state index is -0.451. The van der Waals surface area contributed by atoms with Crippen LogP contribution in [-0.2, 0) is 35.8 Å². The Kier molecular flexibility index (Phi) is 6.18. The fourth-order valence-corrected chi connectivity index (χ4v) is 4.48. The Hall–Kier alpha value is -2.95. The Morgan fingerprint density at radius 3 is 2.72 bits per heavy atom. The number of fused-ring (bicyclic) bond motifs is 1. The average Bonchev–Trinajstić information content (AvgIpc) is 3.45. The first-order valence-electron chi connectivity index (χ1n) is 11.2. The third-order valence-corrected chi connectivity index (χ3v) is 6.39. The average molecular weight is 445 g/mol. The summed E-state index contributed by atoms with van der Waals surface area (Å²) in [4.78, 5) is 28.6. The Morgan fingerprint density at radius 1 is 1.25 bits per heavy atom. The first kappa shape index (κ1) is 22.3. The summed E-state index contributed by atoms with van der Waals surface area (Å²) in [7, 11) is 0. The van der Waals surface area contributed by atoms with E-state index in [0.29, 0.717) is 45.9 Å². The second-order valence-electron chi connectivity index (χ2n) is 8.59. The maximum Gasteiger partial charge on any atom is 0.317 e. The molecule has 1 atom stereocenters. The van der Waals surface area contributed by atoms with Gasteiger partial charge in [-0.2, -0.15) is 5.10 Å². The number of likely N-dealkylation sites (tertiary alicyclic amines) is 1. The normalized spacial score (nSPS) is 19.9. The number of urea groups is 1. The van der Waals surface area contributed by atoms with Crippen LogP contribution in [0.15, 0.2) is 6.07 Å². The van der Waals surface area contributed by atoms with Gasteiger partial charge in [-0.05, 0) is 40.2 Å². The lowest BCUT2D eigenvalue weighted by Gasteiger charge is -2.34. The monoisotopic (exact) mass is 444 g/mol. The summed E-state index contributed by atoms with van der Waals surface area (Å²) in [6.07, 6.45) is 0.753. The molecule has 1 unspecified atom stereocenters. The molecular weight excluding hydrogens is 412 g/mol. The highest BCUT2D eigenvalue weighted by Gasteiger charge is 2.44. The molecule has 1 N–H and O–H groups in total. The van der Waals surface area contributed by atoms with Crippen molar-refractivity contribution < 1.29 is 14.3 Å². The molecule has 174 valence electrons. The van der Waals surface area contributed by atoms with Gasteiger partial charge in [0, 0.05) is 25.3 Å². The number of carbonyl (C=O) groups is 2. The fourth-order valence-electron chi connectivity index (χ4n) is 4.48. The quantitative estimate of drug-likeness (QED) is 0.707. The van der Waals surface area contributed by atoms with Crippen molar-refractivity contribution >= 4 is 11.9 Å². The van der Waals surface area contributed by atoms with E-state index in [-0.39, 0.29) is 18.5 Å². The molecule has 2 aliphatic rings. The number of hydrogen-bond acceptors (Lipinski definition) is 6. The van der Waals surface area contributed by atoms with Crippen LogP contribution in [0.5, 0.6) is 0 Å². The van der Waals surface area contributed by atoms with Gasteiger partial charge in [-0.1, -0.05) is 5.21 Å². The van der Waals surface area contributed by atoms with Crippen LogP contribution in [0.2, 0.25) is 0 Å². The molecule has 1 fully saturated rings. The maximum absolute atomic E-state index is 12.8. The van der Waals surface area contributed by atoms with Crippen LogP contribution in [0, 0.1) is 13.8 Å². The highest BCUT2D eigenvalue weighted by Crippen LogP contribution is 2.32. The van der Waals surface area contributed by atoms with Gasteiger partial charge in [0.05, 0.1) is 37.6 Å². The molecule has 2 aliphatic heterocycles. The van der Waals surface area contributed by atoms with Gasteiger partial charge >= 0.3 is 6.03 Å². The van der Waals surface area contributed by atoms with Gasteiger partial charge in [-0.25, -0.2) is 9.48 Å². The minimum absolute atomic E-state index is 0.0425. The minimum Gasteiger partial charge on any atom is -0.365 e. The number of hydrogen-bond donors (Lipinski definition) is 1. The molecule has 11 nitrogen and oxygen atoms in total. The molecule has 0 radical (unpaired) electrons. The largest absolute Gasteiger partial charge is 0.365 e.